The van der Waals surface area contributed by atoms with Gasteiger partial charge in [-0.2, -0.15) is 0 Å². The monoisotopic (exact) mass is 624 g/mol. The van der Waals surface area contributed by atoms with E-state index in [2.05, 4.69) is 10.5 Å². The van der Waals surface area contributed by atoms with Gasteiger partial charge in [0.15, 0.2) is 27.3 Å². The summed E-state index contributed by atoms with van der Waals surface area (Å²) in [6.45, 7) is 0.0597. The maximum absolute atomic E-state index is 13.9. The number of nitrogens with one attached hydrogen (secondary N) is 1. The number of halogens is 5. The Kier molecular flexibility index (Phi) is 8.32. The van der Waals surface area contributed by atoms with Crippen molar-refractivity contribution in [2.45, 2.75) is 48.0 Å². The van der Waals surface area contributed by atoms with Crippen LogP contribution >= 0.6 is 11.6 Å². The average molecular weight is 625 g/mol. The molecule has 1 amide bonds. The molecule has 7 nitrogen and oxygen atoms in total. The van der Waals surface area contributed by atoms with Gasteiger partial charge in [-0.3, -0.25) is 4.79 Å². The number of aliphatic hydroxyl groups is 1. The molecule has 0 saturated heterocycles. The summed E-state index contributed by atoms with van der Waals surface area (Å²) < 4.78 is 81.2. The van der Waals surface area contributed by atoms with E-state index in [4.69, 9.17) is 16.4 Å². The first-order chi connectivity index (χ1) is 19.9. The molecule has 2 unspecified atom stereocenters. The molecule has 222 valence electrons. The molecular formula is C29H25ClF4N2O5S. The second-order valence-corrected chi connectivity index (χ2v) is 13.1. The van der Waals surface area contributed by atoms with Gasteiger partial charge in [-0.1, -0.05) is 28.9 Å². The number of carbonyl (C=O) groups is 1. The van der Waals surface area contributed by atoms with Crippen molar-refractivity contribution in [3.8, 4) is 0 Å². The Hall–Kier alpha value is -3.48. The number of fused-ring (bicyclic) bond motifs is 2. The average Bonchev–Trinajstić information content (AvgIpc) is 3.24. The van der Waals surface area contributed by atoms with Gasteiger partial charge in [0.1, 0.15) is 18.0 Å². The molecule has 3 aromatic carbocycles. The van der Waals surface area contributed by atoms with E-state index >= 15 is 0 Å². The molecule has 2 aliphatic carbocycles. The molecule has 2 atom stereocenters. The van der Waals surface area contributed by atoms with Crippen LogP contribution in [-0.4, -0.2) is 36.5 Å². The number of hydrogen-bond acceptors (Lipinski definition) is 6. The molecule has 2 aliphatic rings. The fraction of sp³-hybridized carbons (Fsp3) is 0.310. The Labute approximate surface area is 244 Å². The van der Waals surface area contributed by atoms with E-state index in [9.17, 15) is 35.9 Å². The largest absolute Gasteiger partial charge is 0.391 e. The lowest BCUT2D eigenvalue weighted by molar-refractivity contribution is 0.0411. The van der Waals surface area contributed by atoms with Crippen molar-refractivity contribution >= 4 is 39.2 Å². The summed E-state index contributed by atoms with van der Waals surface area (Å²) >= 11 is 6.28. The number of rotatable bonds is 8. The molecule has 0 aromatic heterocycles. The van der Waals surface area contributed by atoms with Crippen molar-refractivity contribution in [1.29, 1.82) is 0 Å². The number of anilines is 1. The number of amides is 1. The smallest absolute Gasteiger partial charge is 0.255 e. The molecule has 0 spiro atoms. The van der Waals surface area contributed by atoms with E-state index in [0.29, 0.717) is 30.5 Å². The highest BCUT2D eigenvalue weighted by Gasteiger charge is 2.54. The maximum atomic E-state index is 13.9. The van der Waals surface area contributed by atoms with Gasteiger partial charge in [0.2, 0.25) is 0 Å². The normalized spacial score (nSPS) is 23.7. The summed E-state index contributed by atoms with van der Waals surface area (Å²) in [4.78, 5) is 17.7. The highest BCUT2D eigenvalue weighted by Crippen LogP contribution is 2.51. The fourth-order valence-electron chi connectivity index (χ4n) is 5.85. The van der Waals surface area contributed by atoms with Gasteiger partial charge in [0.25, 0.3) is 5.91 Å². The Morgan fingerprint density at radius 1 is 1.02 bits per heavy atom. The summed E-state index contributed by atoms with van der Waals surface area (Å²) in [5, 5.41) is 16.3. The Morgan fingerprint density at radius 3 is 2.26 bits per heavy atom. The van der Waals surface area contributed by atoms with Crippen molar-refractivity contribution in [2.24, 2.45) is 17.0 Å². The van der Waals surface area contributed by atoms with Crippen LogP contribution in [0, 0.1) is 35.1 Å². The first-order valence-electron chi connectivity index (χ1n) is 13.0. The van der Waals surface area contributed by atoms with Gasteiger partial charge in [0.05, 0.1) is 21.4 Å². The zero-order chi connectivity index (χ0) is 30.2. The lowest BCUT2D eigenvalue weighted by Gasteiger charge is -2.38. The Bertz CT molecular complexity index is 1620. The molecular weight excluding hydrogens is 600 g/mol. The minimum atomic E-state index is -4.09. The van der Waals surface area contributed by atoms with Crippen LogP contribution in [0.2, 0.25) is 5.02 Å². The first-order valence-corrected chi connectivity index (χ1v) is 14.9. The quantitative estimate of drug-likeness (QED) is 0.138. The van der Waals surface area contributed by atoms with Gasteiger partial charge in [-0.05, 0) is 73.4 Å². The van der Waals surface area contributed by atoms with Crippen molar-refractivity contribution in [1.82, 2.24) is 0 Å². The van der Waals surface area contributed by atoms with Crippen molar-refractivity contribution in [2.75, 3.05) is 5.32 Å². The number of benzene rings is 3. The molecule has 2 saturated carbocycles. The van der Waals surface area contributed by atoms with E-state index in [0.717, 1.165) is 6.07 Å². The van der Waals surface area contributed by atoms with E-state index in [1.807, 2.05) is 0 Å². The summed E-state index contributed by atoms with van der Waals surface area (Å²) in [6, 6.07) is 10.4. The van der Waals surface area contributed by atoms with Crippen LogP contribution in [0.5, 0.6) is 0 Å². The topological polar surface area (TPSA) is 105 Å². The van der Waals surface area contributed by atoms with Crippen LogP contribution in [0.3, 0.4) is 0 Å². The van der Waals surface area contributed by atoms with E-state index < -0.39 is 55.9 Å². The molecule has 0 radical (unpaired) electrons. The van der Waals surface area contributed by atoms with Crippen LogP contribution in [0.15, 0.2) is 64.6 Å². The third kappa shape index (κ3) is 6.16. The summed E-state index contributed by atoms with van der Waals surface area (Å²) in [6.07, 6.45) is 2.57. The lowest BCUT2D eigenvalue weighted by atomic mass is 9.78. The third-order valence-electron chi connectivity index (χ3n) is 7.68. The maximum Gasteiger partial charge on any atom is 0.255 e. The van der Waals surface area contributed by atoms with Gasteiger partial charge < -0.3 is 15.3 Å². The zero-order valence-electron chi connectivity index (χ0n) is 21.9. The predicted molar refractivity (Wildman–Crippen MR) is 147 cm³/mol. The zero-order valence-corrected chi connectivity index (χ0v) is 23.4. The minimum absolute atomic E-state index is 0.0597. The second-order valence-electron chi connectivity index (χ2n) is 10.6. The third-order valence-corrected chi connectivity index (χ3v) is 10.6. The molecule has 0 aliphatic heterocycles. The van der Waals surface area contributed by atoms with Crippen molar-refractivity contribution in [3.05, 3.63) is 94.0 Å². The predicted octanol–water partition coefficient (Wildman–Crippen LogP) is 6.04. The Morgan fingerprint density at radius 2 is 1.64 bits per heavy atom. The van der Waals surface area contributed by atoms with Crippen molar-refractivity contribution in [3.63, 3.8) is 0 Å². The lowest BCUT2D eigenvalue weighted by Crippen LogP contribution is -2.47. The highest BCUT2D eigenvalue weighted by molar-refractivity contribution is 7.92. The van der Waals surface area contributed by atoms with E-state index in [1.54, 1.807) is 12.1 Å². The van der Waals surface area contributed by atoms with Crippen LogP contribution in [0.25, 0.3) is 0 Å². The summed E-state index contributed by atoms with van der Waals surface area (Å²) in [5.74, 6) is -6.81. The van der Waals surface area contributed by atoms with Gasteiger partial charge in [-0.25, -0.2) is 26.0 Å². The summed E-state index contributed by atoms with van der Waals surface area (Å²) in [7, 11) is -4.09. The fourth-order valence-corrected chi connectivity index (χ4v) is 8.69. The summed E-state index contributed by atoms with van der Waals surface area (Å²) in [5.41, 5.74) is -1.22. The molecule has 2 fully saturated rings. The molecule has 13 heteroatoms. The first kappa shape index (κ1) is 30.0. The number of nitrogens with zero attached hydrogens (tertiary/aromatic N) is 1. The van der Waals surface area contributed by atoms with E-state index in [1.165, 1.54) is 30.5 Å². The van der Waals surface area contributed by atoms with Crippen LogP contribution in [-0.2, 0) is 21.3 Å². The van der Waals surface area contributed by atoms with Gasteiger partial charge >= 0.3 is 0 Å². The molecule has 5 rings (SSSR count). The van der Waals surface area contributed by atoms with Crippen molar-refractivity contribution < 1.29 is 40.7 Å². The number of oxime groups is 1. The molecule has 42 heavy (non-hydrogen) atoms. The van der Waals surface area contributed by atoms with Crippen LogP contribution < -0.4 is 5.32 Å². The molecule has 2 bridgehead atoms. The van der Waals surface area contributed by atoms with Gasteiger partial charge in [0, 0.05) is 23.4 Å². The highest BCUT2D eigenvalue weighted by atomic mass is 35.5. The minimum Gasteiger partial charge on any atom is -0.391 e. The number of sulfone groups is 1. The standard InChI is InChI=1S/C29H25ClF4N2O5S/c30-22-8-5-17(28(37)36-21-10-23(32)26(34)24(33)11-21)9-25(22)42(39,40)27-18-3-4-19(27)13-29(38,12-18)15-35-41-14-16-1-6-20(31)7-2-16/h1-2,5-11,15,18-19,27,38H,3-4,12-14H2,(H,36,37)/b35-15+/t18?,19?,27-,29-. The number of carbonyl (C=O) groups excluding carboxylic acids is 1. The van der Waals surface area contributed by atoms with Gasteiger partial charge in [-0.15, -0.1) is 0 Å². The van der Waals surface area contributed by atoms with Crippen LogP contribution in [0.4, 0.5) is 23.2 Å². The van der Waals surface area contributed by atoms with E-state index in [-0.39, 0.29) is 46.4 Å². The molecule has 3 aromatic rings. The second kappa shape index (κ2) is 11.7. The SMILES string of the molecule is O=C(Nc1cc(F)c(F)c(F)c1)c1ccc(Cl)c(S(=O)(=O)[C@H]2C3CCC2C[C@](O)(/C=N/OCc2ccc(F)cc2)C3)c1. The number of hydrogen-bond donors (Lipinski definition) is 2. The Balaban J connectivity index is 1.30. The van der Waals surface area contributed by atoms with Crippen LogP contribution in [0.1, 0.15) is 41.6 Å². The molecule has 0 heterocycles. The molecule has 2 N–H and O–H groups in total.